The molecule has 0 spiro atoms. The van der Waals surface area contributed by atoms with Crippen LogP contribution in [0.25, 0.3) is 0 Å². The molecule has 36 heavy (non-hydrogen) atoms. The molecule has 1 heterocycles. The zero-order chi connectivity index (χ0) is 25.3. The average molecular weight is 506 g/mol. The second-order valence-corrected chi connectivity index (χ2v) is 9.44. The number of ether oxygens (including phenoxy) is 1. The molecule has 6 nitrogen and oxygen atoms in total. The molecule has 186 valence electrons. The van der Waals surface area contributed by atoms with E-state index in [1.807, 2.05) is 31.2 Å². The molecular formula is C28H28FN3O3S. The Balaban J connectivity index is 1.49. The van der Waals surface area contributed by atoms with Crippen LogP contribution in [0.15, 0.2) is 83.9 Å². The molecule has 2 amide bonds. The van der Waals surface area contributed by atoms with E-state index in [0.29, 0.717) is 35.4 Å². The molecule has 8 heteroatoms. The minimum Gasteiger partial charge on any atom is -0.494 e. The number of aryl methyl sites for hydroxylation is 1. The van der Waals surface area contributed by atoms with Gasteiger partial charge in [0.2, 0.25) is 11.8 Å². The topological polar surface area (TPSA) is 71.0 Å². The predicted molar refractivity (Wildman–Crippen MR) is 142 cm³/mol. The highest BCUT2D eigenvalue weighted by atomic mass is 32.2. The summed E-state index contributed by atoms with van der Waals surface area (Å²) < 4.78 is 18.9. The molecule has 3 aromatic carbocycles. The molecule has 1 saturated heterocycles. The fraction of sp³-hybridized carbons (Fsp3) is 0.250. The van der Waals surface area contributed by atoms with E-state index in [1.165, 1.54) is 29.5 Å². The third kappa shape index (κ3) is 6.95. The van der Waals surface area contributed by atoms with Crippen LogP contribution in [0.2, 0.25) is 0 Å². The number of carbonyl (C=O) groups is 2. The maximum atomic E-state index is 13.4. The summed E-state index contributed by atoms with van der Waals surface area (Å²) in [5.41, 5.74) is 2.31. The summed E-state index contributed by atoms with van der Waals surface area (Å²) in [6.45, 7) is 2.89. The molecule has 4 rings (SSSR count). The third-order valence-electron chi connectivity index (χ3n) is 5.59. The Morgan fingerprint density at radius 2 is 1.89 bits per heavy atom. The lowest BCUT2D eigenvalue weighted by Gasteiger charge is -2.32. The van der Waals surface area contributed by atoms with Crippen molar-refractivity contribution in [2.24, 2.45) is 4.99 Å². The maximum absolute atomic E-state index is 13.4. The van der Waals surface area contributed by atoms with Crippen molar-refractivity contribution in [3.63, 3.8) is 0 Å². The molecule has 0 radical (unpaired) electrons. The highest BCUT2D eigenvalue weighted by Crippen LogP contribution is 2.30. The first kappa shape index (κ1) is 25.4. The van der Waals surface area contributed by atoms with Gasteiger partial charge in [-0.1, -0.05) is 48.2 Å². The first-order valence-corrected chi connectivity index (χ1v) is 12.8. The van der Waals surface area contributed by atoms with E-state index in [2.05, 4.69) is 22.4 Å². The minimum atomic E-state index is -0.641. The Bertz CT molecular complexity index is 1220. The molecule has 1 atom stereocenters. The van der Waals surface area contributed by atoms with Gasteiger partial charge in [0.25, 0.3) is 0 Å². The maximum Gasteiger partial charge on any atom is 0.238 e. The standard InChI is InChI=1S/C28H28FN3O3S/c1-2-35-24-12-6-11-23(18-24)30-27(34)25-19-26(33)32(17-7-10-20-8-4-3-5-9-20)28(36-25)31-22-15-13-21(29)14-16-22/h3-6,8-9,11-16,18,25H,2,7,10,17,19H2,1H3,(H,30,34). The number of benzene rings is 3. The van der Waals surface area contributed by atoms with Crippen molar-refractivity contribution in [3.05, 3.63) is 90.2 Å². The summed E-state index contributed by atoms with van der Waals surface area (Å²) in [6.07, 6.45) is 1.63. The summed E-state index contributed by atoms with van der Waals surface area (Å²) in [5.74, 6) is -0.146. The highest BCUT2D eigenvalue weighted by Gasteiger charge is 2.35. The van der Waals surface area contributed by atoms with E-state index >= 15 is 0 Å². The fourth-order valence-electron chi connectivity index (χ4n) is 3.83. The van der Waals surface area contributed by atoms with Gasteiger partial charge in [0.15, 0.2) is 5.17 Å². The van der Waals surface area contributed by atoms with Gasteiger partial charge in [-0.15, -0.1) is 0 Å². The second-order valence-electron chi connectivity index (χ2n) is 8.27. The smallest absolute Gasteiger partial charge is 0.238 e. The monoisotopic (exact) mass is 505 g/mol. The number of amides is 2. The van der Waals surface area contributed by atoms with Crippen LogP contribution in [0.1, 0.15) is 25.3 Å². The van der Waals surface area contributed by atoms with Crippen LogP contribution in [0.3, 0.4) is 0 Å². The number of nitrogens with zero attached hydrogens (tertiary/aromatic N) is 2. The number of rotatable bonds is 9. The number of carbonyl (C=O) groups excluding carboxylic acids is 2. The van der Waals surface area contributed by atoms with E-state index in [1.54, 1.807) is 35.2 Å². The zero-order valence-electron chi connectivity index (χ0n) is 20.0. The molecule has 1 N–H and O–H groups in total. The van der Waals surface area contributed by atoms with Gasteiger partial charge in [0, 0.05) is 24.7 Å². The van der Waals surface area contributed by atoms with Crippen molar-refractivity contribution < 1.29 is 18.7 Å². The van der Waals surface area contributed by atoms with Crippen molar-refractivity contribution in [1.29, 1.82) is 0 Å². The number of amidine groups is 1. The van der Waals surface area contributed by atoms with Gasteiger partial charge in [-0.25, -0.2) is 9.38 Å². The van der Waals surface area contributed by atoms with Gasteiger partial charge < -0.3 is 10.1 Å². The number of halogens is 1. The molecule has 1 aliphatic heterocycles. The number of anilines is 1. The first-order chi connectivity index (χ1) is 17.5. The van der Waals surface area contributed by atoms with Crippen molar-refractivity contribution in [3.8, 4) is 5.75 Å². The van der Waals surface area contributed by atoms with Gasteiger partial charge >= 0.3 is 0 Å². The van der Waals surface area contributed by atoms with Crippen molar-refractivity contribution >= 4 is 40.1 Å². The quantitative estimate of drug-likeness (QED) is 0.398. The average Bonchev–Trinajstić information content (AvgIpc) is 2.88. The second kappa shape index (κ2) is 12.4. The Morgan fingerprint density at radius 3 is 2.64 bits per heavy atom. The molecule has 1 unspecified atom stereocenters. The van der Waals surface area contributed by atoms with E-state index in [4.69, 9.17) is 4.74 Å². The summed E-state index contributed by atoms with van der Waals surface area (Å²) in [5, 5.41) is 2.69. The van der Waals surface area contributed by atoms with Gasteiger partial charge in [-0.3, -0.25) is 14.5 Å². The Labute approximate surface area is 214 Å². The predicted octanol–water partition coefficient (Wildman–Crippen LogP) is 5.82. The van der Waals surface area contributed by atoms with Gasteiger partial charge in [0.05, 0.1) is 12.3 Å². The molecule has 0 aromatic heterocycles. The van der Waals surface area contributed by atoms with Crippen molar-refractivity contribution in [2.45, 2.75) is 31.4 Å². The molecule has 1 aliphatic rings. The summed E-state index contributed by atoms with van der Waals surface area (Å²) in [7, 11) is 0. The summed E-state index contributed by atoms with van der Waals surface area (Å²) >= 11 is 1.25. The summed E-state index contributed by atoms with van der Waals surface area (Å²) in [4.78, 5) is 32.5. The van der Waals surface area contributed by atoms with Crippen LogP contribution >= 0.6 is 11.8 Å². The lowest BCUT2D eigenvalue weighted by atomic mass is 10.1. The van der Waals surface area contributed by atoms with Crippen LogP contribution in [0, 0.1) is 5.82 Å². The van der Waals surface area contributed by atoms with Crippen LogP contribution in [-0.2, 0) is 16.0 Å². The number of hydrogen-bond acceptors (Lipinski definition) is 5. The first-order valence-electron chi connectivity index (χ1n) is 11.9. The lowest BCUT2D eigenvalue weighted by Crippen LogP contribution is -2.45. The Kier molecular flexibility index (Phi) is 8.73. The molecule has 0 bridgehead atoms. The summed E-state index contributed by atoms with van der Waals surface area (Å²) in [6, 6.07) is 23.0. The number of aliphatic imine (C=N–C) groups is 1. The van der Waals surface area contributed by atoms with Gasteiger partial charge in [-0.05, 0) is 61.7 Å². The normalized spacial score (nSPS) is 16.7. The molecule has 1 fully saturated rings. The van der Waals surface area contributed by atoms with E-state index < -0.39 is 5.25 Å². The molecule has 0 saturated carbocycles. The van der Waals surface area contributed by atoms with Crippen molar-refractivity contribution in [2.75, 3.05) is 18.5 Å². The number of thioether (sulfide) groups is 1. The van der Waals surface area contributed by atoms with E-state index in [0.717, 1.165) is 12.8 Å². The largest absolute Gasteiger partial charge is 0.494 e. The minimum absolute atomic E-state index is 0.0649. The Hall–Kier alpha value is -3.65. The van der Waals surface area contributed by atoms with E-state index in [-0.39, 0.29) is 24.1 Å². The van der Waals surface area contributed by atoms with Crippen molar-refractivity contribution in [1.82, 2.24) is 4.90 Å². The fourth-order valence-corrected chi connectivity index (χ4v) is 4.95. The highest BCUT2D eigenvalue weighted by molar-refractivity contribution is 8.15. The van der Waals surface area contributed by atoms with E-state index in [9.17, 15) is 14.0 Å². The Morgan fingerprint density at radius 1 is 1.11 bits per heavy atom. The van der Waals surface area contributed by atoms with Gasteiger partial charge in [0.1, 0.15) is 16.8 Å². The van der Waals surface area contributed by atoms with Gasteiger partial charge in [-0.2, -0.15) is 0 Å². The van der Waals surface area contributed by atoms with Crippen LogP contribution in [0.5, 0.6) is 5.75 Å². The number of hydrogen-bond donors (Lipinski definition) is 1. The number of nitrogens with one attached hydrogen (secondary N) is 1. The SMILES string of the molecule is CCOc1cccc(NC(=O)C2CC(=O)N(CCCc3ccccc3)C(=Nc3ccc(F)cc3)S2)c1. The molecule has 0 aliphatic carbocycles. The lowest BCUT2D eigenvalue weighted by molar-refractivity contribution is -0.129. The molecular weight excluding hydrogens is 477 g/mol. The third-order valence-corrected chi connectivity index (χ3v) is 6.77. The zero-order valence-corrected chi connectivity index (χ0v) is 20.8. The van der Waals surface area contributed by atoms with Crippen LogP contribution < -0.4 is 10.1 Å². The van der Waals surface area contributed by atoms with Crippen LogP contribution in [0.4, 0.5) is 15.8 Å². The van der Waals surface area contributed by atoms with Crippen LogP contribution in [-0.4, -0.2) is 40.3 Å². The molecule has 3 aromatic rings.